The summed E-state index contributed by atoms with van der Waals surface area (Å²) in [5.41, 5.74) is 3.17. The van der Waals surface area contributed by atoms with Gasteiger partial charge in [0.15, 0.2) is 0 Å². The molecular formula is C16H17N5O. The number of nitrogens with one attached hydrogen (secondary N) is 2. The number of H-pyrrole nitrogens is 1. The molecule has 0 bridgehead atoms. The molecule has 0 radical (unpaired) electrons. The van der Waals surface area contributed by atoms with Gasteiger partial charge in [0, 0.05) is 5.39 Å². The molecule has 1 aromatic carbocycles. The fraction of sp³-hybridized carbons (Fsp3) is 0.250. The average molecular weight is 295 g/mol. The first-order valence-electron chi connectivity index (χ1n) is 7.10. The maximum atomic E-state index is 12.6. The van der Waals surface area contributed by atoms with Crippen LogP contribution in [0.15, 0.2) is 30.6 Å². The van der Waals surface area contributed by atoms with Crippen molar-refractivity contribution < 1.29 is 4.79 Å². The molecule has 2 heterocycles. The average Bonchev–Trinajstić information content (AvgIpc) is 3.01. The molecule has 3 aromatic rings. The Labute approximate surface area is 128 Å². The van der Waals surface area contributed by atoms with Crippen LogP contribution < -0.4 is 5.32 Å². The SMILES string of the molecule is Cc1nc2ccccc2c(C)c1C(=O)N[C@H](C)c1ncn[nH]1. The van der Waals surface area contributed by atoms with Crippen LogP contribution in [0.5, 0.6) is 0 Å². The summed E-state index contributed by atoms with van der Waals surface area (Å²) in [6, 6.07) is 7.58. The van der Waals surface area contributed by atoms with Crippen molar-refractivity contribution in [2.75, 3.05) is 0 Å². The van der Waals surface area contributed by atoms with Gasteiger partial charge in [-0.25, -0.2) is 4.98 Å². The van der Waals surface area contributed by atoms with Gasteiger partial charge < -0.3 is 5.32 Å². The molecule has 0 spiro atoms. The van der Waals surface area contributed by atoms with Crippen molar-refractivity contribution >= 4 is 16.8 Å². The predicted octanol–water partition coefficient (Wildman–Crippen LogP) is 2.46. The standard InChI is InChI=1S/C16H17N5O/c1-9-12-6-4-5-7-13(12)19-10(2)14(9)16(22)20-11(3)15-17-8-18-21-15/h4-8,11H,1-3H3,(H,20,22)(H,17,18,21)/t11-/m1/s1. The van der Waals surface area contributed by atoms with Gasteiger partial charge in [0.05, 0.1) is 22.8 Å². The van der Waals surface area contributed by atoms with Crippen LogP contribution in [0.25, 0.3) is 10.9 Å². The summed E-state index contributed by atoms with van der Waals surface area (Å²) in [6.07, 6.45) is 1.42. The summed E-state index contributed by atoms with van der Waals surface area (Å²) in [4.78, 5) is 21.2. The number of nitrogens with zero attached hydrogens (tertiary/aromatic N) is 3. The van der Waals surface area contributed by atoms with E-state index in [1.807, 2.05) is 45.0 Å². The third-order valence-electron chi connectivity index (χ3n) is 3.75. The quantitative estimate of drug-likeness (QED) is 0.777. The van der Waals surface area contributed by atoms with Crippen LogP contribution >= 0.6 is 0 Å². The molecule has 0 saturated carbocycles. The minimum absolute atomic E-state index is 0.155. The van der Waals surface area contributed by atoms with Gasteiger partial charge in [-0.2, -0.15) is 5.10 Å². The number of fused-ring (bicyclic) bond motifs is 1. The number of para-hydroxylation sites is 1. The van der Waals surface area contributed by atoms with Gasteiger partial charge in [-0.1, -0.05) is 18.2 Å². The second-order valence-corrected chi connectivity index (χ2v) is 5.28. The molecule has 6 heteroatoms. The molecule has 0 saturated heterocycles. The predicted molar refractivity (Wildman–Crippen MR) is 83.5 cm³/mol. The van der Waals surface area contributed by atoms with Gasteiger partial charge >= 0.3 is 0 Å². The number of hydrogen-bond acceptors (Lipinski definition) is 4. The van der Waals surface area contributed by atoms with Crippen molar-refractivity contribution in [1.29, 1.82) is 0 Å². The second-order valence-electron chi connectivity index (χ2n) is 5.28. The number of amides is 1. The van der Waals surface area contributed by atoms with Crippen molar-refractivity contribution in [2.45, 2.75) is 26.8 Å². The van der Waals surface area contributed by atoms with Gasteiger partial charge in [0.25, 0.3) is 5.91 Å². The lowest BCUT2D eigenvalue weighted by atomic mass is 10.0. The third-order valence-corrected chi connectivity index (χ3v) is 3.75. The first-order valence-corrected chi connectivity index (χ1v) is 7.10. The maximum absolute atomic E-state index is 12.6. The highest BCUT2D eigenvalue weighted by molar-refractivity contribution is 6.01. The fourth-order valence-corrected chi connectivity index (χ4v) is 2.63. The van der Waals surface area contributed by atoms with Crippen LogP contribution in [-0.2, 0) is 0 Å². The molecule has 0 unspecified atom stereocenters. The van der Waals surface area contributed by atoms with E-state index in [0.29, 0.717) is 11.4 Å². The Morgan fingerprint density at radius 3 is 2.77 bits per heavy atom. The van der Waals surface area contributed by atoms with Crippen molar-refractivity contribution in [2.24, 2.45) is 0 Å². The zero-order chi connectivity index (χ0) is 15.7. The second kappa shape index (κ2) is 5.55. The van der Waals surface area contributed by atoms with Crippen LogP contribution in [0, 0.1) is 13.8 Å². The molecule has 22 heavy (non-hydrogen) atoms. The van der Waals surface area contributed by atoms with Crippen molar-refractivity contribution in [3.8, 4) is 0 Å². The van der Waals surface area contributed by atoms with Crippen LogP contribution in [0.2, 0.25) is 0 Å². The highest BCUT2D eigenvalue weighted by Crippen LogP contribution is 2.23. The Balaban J connectivity index is 1.97. The molecule has 6 nitrogen and oxygen atoms in total. The Bertz CT molecular complexity index is 826. The summed E-state index contributed by atoms with van der Waals surface area (Å²) < 4.78 is 0. The number of benzene rings is 1. The highest BCUT2D eigenvalue weighted by atomic mass is 16.1. The topological polar surface area (TPSA) is 83.6 Å². The van der Waals surface area contributed by atoms with Gasteiger partial charge in [-0.05, 0) is 32.4 Å². The lowest BCUT2D eigenvalue weighted by Crippen LogP contribution is -2.29. The Morgan fingerprint density at radius 1 is 1.27 bits per heavy atom. The third kappa shape index (κ3) is 2.43. The van der Waals surface area contributed by atoms with Crippen LogP contribution in [-0.4, -0.2) is 26.1 Å². The van der Waals surface area contributed by atoms with Crippen molar-refractivity contribution in [3.63, 3.8) is 0 Å². The Hall–Kier alpha value is -2.76. The van der Waals surface area contributed by atoms with Crippen LogP contribution in [0.4, 0.5) is 0 Å². The van der Waals surface area contributed by atoms with E-state index < -0.39 is 0 Å². The number of carbonyl (C=O) groups is 1. The molecule has 3 rings (SSSR count). The molecular weight excluding hydrogens is 278 g/mol. The number of rotatable bonds is 3. The minimum Gasteiger partial charge on any atom is -0.342 e. The van der Waals surface area contributed by atoms with E-state index >= 15 is 0 Å². The van der Waals surface area contributed by atoms with E-state index in [4.69, 9.17) is 0 Å². The van der Waals surface area contributed by atoms with Crippen molar-refractivity contribution in [3.05, 3.63) is 53.2 Å². The van der Waals surface area contributed by atoms with E-state index in [9.17, 15) is 4.79 Å². The summed E-state index contributed by atoms with van der Waals surface area (Å²) in [5.74, 6) is 0.467. The van der Waals surface area contributed by atoms with Gasteiger partial charge in [0.2, 0.25) is 0 Å². The Morgan fingerprint density at radius 2 is 2.05 bits per heavy atom. The normalized spacial score (nSPS) is 12.3. The number of hydrogen-bond donors (Lipinski definition) is 2. The number of pyridine rings is 1. The summed E-state index contributed by atoms with van der Waals surface area (Å²) in [7, 11) is 0. The van der Waals surface area contributed by atoms with Crippen molar-refractivity contribution in [1.82, 2.24) is 25.5 Å². The monoisotopic (exact) mass is 295 g/mol. The maximum Gasteiger partial charge on any atom is 0.253 e. The lowest BCUT2D eigenvalue weighted by molar-refractivity contribution is 0.0937. The molecule has 1 atom stereocenters. The largest absolute Gasteiger partial charge is 0.342 e. The van der Waals surface area contributed by atoms with E-state index in [1.165, 1.54) is 6.33 Å². The smallest absolute Gasteiger partial charge is 0.253 e. The summed E-state index contributed by atoms with van der Waals surface area (Å²) in [5, 5.41) is 10.5. The number of aryl methyl sites for hydroxylation is 2. The molecule has 0 aliphatic heterocycles. The molecule has 0 fully saturated rings. The lowest BCUT2D eigenvalue weighted by Gasteiger charge is -2.15. The number of aromatic nitrogens is 4. The van der Waals surface area contributed by atoms with E-state index in [0.717, 1.165) is 22.2 Å². The first kappa shape index (κ1) is 14.2. The summed E-state index contributed by atoms with van der Waals surface area (Å²) >= 11 is 0. The van der Waals surface area contributed by atoms with Gasteiger partial charge in [-0.3, -0.25) is 14.9 Å². The number of aromatic amines is 1. The molecule has 1 amide bonds. The van der Waals surface area contributed by atoms with Crippen LogP contribution in [0.3, 0.4) is 0 Å². The number of carbonyl (C=O) groups excluding carboxylic acids is 1. The summed E-state index contributed by atoms with van der Waals surface area (Å²) in [6.45, 7) is 5.66. The van der Waals surface area contributed by atoms with E-state index in [2.05, 4.69) is 25.5 Å². The van der Waals surface area contributed by atoms with E-state index in [1.54, 1.807) is 0 Å². The van der Waals surface area contributed by atoms with Gasteiger partial charge in [-0.15, -0.1) is 0 Å². The highest BCUT2D eigenvalue weighted by Gasteiger charge is 2.19. The zero-order valence-electron chi connectivity index (χ0n) is 12.7. The molecule has 0 aliphatic rings. The molecule has 2 N–H and O–H groups in total. The van der Waals surface area contributed by atoms with Gasteiger partial charge in [0.1, 0.15) is 12.2 Å². The Kier molecular flexibility index (Phi) is 3.58. The zero-order valence-corrected chi connectivity index (χ0v) is 12.7. The molecule has 112 valence electrons. The fourth-order valence-electron chi connectivity index (χ4n) is 2.63. The molecule has 2 aromatic heterocycles. The molecule has 0 aliphatic carbocycles. The first-order chi connectivity index (χ1) is 10.6. The minimum atomic E-state index is -0.250. The van der Waals surface area contributed by atoms with Crippen LogP contribution in [0.1, 0.15) is 40.4 Å². The van der Waals surface area contributed by atoms with E-state index in [-0.39, 0.29) is 11.9 Å².